The fraction of sp³-hybridized carbons (Fsp3) is 0.429. The van der Waals surface area contributed by atoms with Crippen LogP contribution in [0, 0.1) is 5.92 Å². The number of hydrogen-bond donors (Lipinski definition) is 2. The lowest BCUT2D eigenvalue weighted by Gasteiger charge is -2.29. The highest BCUT2D eigenvalue weighted by Crippen LogP contribution is 2.31. The number of hydrogen-bond acceptors (Lipinski definition) is 5. The molecule has 2 aromatic rings. The lowest BCUT2D eigenvalue weighted by molar-refractivity contribution is -0.0517. The van der Waals surface area contributed by atoms with Crippen molar-refractivity contribution in [3.05, 3.63) is 60.2 Å². The van der Waals surface area contributed by atoms with Crippen LogP contribution < -0.4 is 10.1 Å². The van der Waals surface area contributed by atoms with Crippen LogP contribution in [0.5, 0.6) is 5.75 Å². The summed E-state index contributed by atoms with van der Waals surface area (Å²) in [5.41, 5.74) is 2.14. The molecule has 0 unspecified atom stereocenters. The average Bonchev–Trinajstić information content (AvgIpc) is 3.22. The van der Waals surface area contributed by atoms with Gasteiger partial charge in [-0.05, 0) is 42.7 Å². The Kier molecular flexibility index (Phi) is 6.89. The van der Waals surface area contributed by atoms with Gasteiger partial charge in [-0.2, -0.15) is 0 Å². The van der Waals surface area contributed by atoms with Gasteiger partial charge < -0.3 is 24.6 Å². The van der Waals surface area contributed by atoms with Crippen LogP contribution in [0.25, 0.3) is 0 Å². The first-order chi connectivity index (χ1) is 12.8. The third-order valence-electron chi connectivity index (χ3n) is 4.74. The molecule has 0 aromatic heterocycles. The Morgan fingerprint density at radius 2 is 1.77 bits per heavy atom. The van der Waals surface area contributed by atoms with Crippen molar-refractivity contribution in [1.29, 1.82) is 0 Å². The van der Waals surface area contributed by atoms with Crippen LogP contribution in [0.3, 0.4) is 0 Å². The summed E-state index contributed by atoms with van der Waals surface area (Å²) in [4.78, 5) is 0. The fourth-order valence-electron chi connectivity index (χ4n) is 3.29. The van der Waals surface area contributed by atoms with Crippen molar-refractivity contribution in [1.82, 2.24) is 0 Å². The Morgan fingerprint density at radius 3 is 2.38 bits per heavy atom. The molecule has 1 aliphatic heterocycles. The summed E-state index contributed by atoms with van der Waals surface area (Å²) >= 11 is 0. The van der Waals surface area contributed by atoms with Gasteiger partial charge in [-0.3, -0.25) is 0 Å². The van der Waals surface area contributed by atoms with Gasteiger partial charge in [0.15, 0.2) is 6.29 Å². The standard InChI is InChI=1S/C21H27NO4/c1-24-19-10-8-18(9-11-19)22-21(16-5-3-2-4-6-16)17(15-23)7-12-20-25-13-14-26-20/h2-6,8-11,17,20-23H,7,12-15H2,1H3/t17-,21-/m1/s1. The number of aliphatic hydroxyl groups is 1. The summed E-state index contributed by atoms with van der Waals surface area (Å²) in [7, 11) is 1.66. The Balaban J connectivity index is 1.74. The van der Waals surface area contributed by atoms with E-state index in [1.807, 2.05) is 42.5 Å². The molecule has 26 heavy (non-hydrogen) atoms. The highest BCUT2D eigenvalue weighted by atomic mass is 16.7. The number of anilines is 1. The van der Waals surface area contributed by atoms with Crippen molar-refractivity contribution >= 4 is 5.69 Å². The zero-order valence-electron chi connectivity index (χ0n) is 15.1. The van der Waals surface area contributed by atoms with Crippen LogP contribution >= 0.6 is 0 Å². The zero-order valence-corrected chi connectivity index (χ0v) is 15.1. The minimum atomic E-state index is -0.151. The predicted octanol–water partition coefficient (Wildman–Crippen LogP) is 3.61. The summed E-state index contributed by atoms with van der Waals surface area (Å²) < 4.78 is 16.3. The molecule has 0 saturated carbocycles. The van der Waals surface area contributed by atoms with Crippen LogP contribution in [-0.2, 0) is 9.47 Å². The number of benzene rings is 2. The Hall–Kier alpha value is -2.08. The molecular weight excluding hydrogens is 330 g/mol. The number of methoxy groups -OCH3 is 1. The summed E-state index contributed by atoms with van der Waals surface area (Å²) in [5, 5.41) is 13.6. The molecule has 2 N–H and O–H groups in total. The minimum Gasteiger partial charge on any atom is -0.497 e. The quantitative estimate of drug-likeness (QED) is 0.718. The van der Waals surface area contributed by atoms with E-state index in [4.69, 9.17) is 14.2 Å². The van der Waals surface area contributed by atoms with Crippen LogP contribution in [0.2, 0.25) is 0 Å². The van der Waals surface area contributed by atoms with Crippen LogP contribution in [-0.4, -0.2) is 38.3 Å². The smallest absolute Gasteiger partial charge is 0.157 e. The average molecular weight is 357 g/mol. The second-order valence-corrected chi connectivity index (χ2v) is 6.45. The van der Waals surface area contributed by atoms with Gasteiger partial charge in [0.1, 0.15) is 5.75 Å². The van der Waals surface area contributed by atoms with Crippen molar-refractivity contribution in [2.75, 3.05) is 32.2 Å². The molecule has 5 nitrogen and oxygen atoms in total. The van der Waals surface area contributed by atoms with E-state index < -0.39 is 0 Å². The molecule has 2 atom stereocenters. The SMILES string of the molecule is COc1ccc(N[C@H](c2ccccc2)[C@@H](CO)CCC2OCCO2)cc1. The molecule has 1 heterocycles. The molecule has 0 amide bonds. The van der Waals surface area contributed by atoms with E-state index in [2.05, 4.69) is 17.4 Å². The maximum Gasteiger partial charge on any atom is 0.157 e. The maximum absolute atomic E-state index is 10.1. The minimum absolute atomic E-state index is 0.00371. The van der Waals surface area contributed by atoms with Crippen molar-refractivity contribution in [2.45, 2.75) is 25.2 Å². The van der Waals surface area contributed by atoms with Gasteiger partial charge in [-0.15, -0.1) is 0 Å². The van der Waals surface area contributed by atoms with Crippen molar-refractivity contribution in [3.63, 3.8) is 0 Å². The first kappa shape index (κ1) is 18.7. The lowest BCUT2D eigenvalue weighted by Crippen LogP contribution is -2.25. The summed E-state index contributed by atoms with van der Waals surface area (Å²) in [6.45, 7) is 1.40. The third kappa shape index (κ3) is 4.97. The van der Waals surface area contributed by atoms with Crippen LogP contribution in [0.1, 0.15) is 24.4 Å². The van der Waals surface area contributed by atoms with E-state index in [0.717, 1.165) is 29.8 Å². The van der Waals surface area contributed by atoms with Gasteiger partial charge in [0.2, 0.25) is 0 Å². The van der Waals surface area contributed by atoms with E-state index in [9.17, 15) is 5.11 Å². The molecule has 5 heteroatoms. The van der Waals surface area contributed by atoms with E-state index >= 15 is 0 Å². The number of ether oxygens (including phenoxy) is 3. The topological polar surface area (TPSA) is 60.0 Å². The Bertz CT molecular complexity index is 641. The van der Waals surface area contributed by atoms with Crippen LogP contribution in [0.4, 0.5) is 5.69 Å². The van der Waals surface area contributed by atoms with E-state index in [-0.39, 0.29) is 24.9 Å². The molecule has 1 fully saturated rings. The van der Waals surface area contributed by atoms with E-state index in [1.54, 1.807) is 7.11 Å². The summed E-state index contributed by atoms with van der Waals surface area (Å²) in [5.74, 6) is 0.869. The molecule has 1 aliphatic rings. The van der Waals surface area contributed by atoms with Crippen molar-refractivity contribution < 1.29 is 19.3 Å². The van der Waals surface area contributed by atoms with Gasteiger partial charge in [-0.1, -0.05) is 30.3 Å². The predicted molar refractivity (Wildman–Crippen MR) is 101 cm³/mol. The normalized spacial score (nSPS) is 17.0. The lowest BCUT2D eigenvalue weighted by atomic mass is 9.89. The Labute approximate surface area is 154 Å². The molecule has 140 valence electrons. The van der Waals surface area contributed by atoms with Gasteiger partial charge in [0.05, 0.1) is 26.4 Å². The van der Waals surface area contributed by atoms with Gasteiger partial charge in [0.25, 0.3) is 0 Å². The van der Waals surface area contributed by atoms with Gasteiger partial charge in [0, 0.05) is 18.2 Å². The molecule has 2 aromatic carbocycles. The second-order valence-electron chi connectivity index (χ2n) is 6.45. The van der Waals surface area contributed by atoms with Crippen molar-refractivity contribution in [2.24, 2.45) is 5.92 Å². The van der Waals surface area contributed by atoms with Crippen LogP contribution in [0.15, 0.2) is 54.6 Å². The second kappa shape index (κ2) is 9.57. The maximum atomic E-state index is 10.1. The Morgan fingerprint density at radius 1 is 1.08 bits per heavy atom. The first-order valence-electron chi connectivity index (χ1n) is 9.09. The van der Waals surface area contributed by atoms with E-state index in [0.29, 0.717) is 13.2 Å². The fourth-order valence-corrected chi connectivity index (χ4v) is 3.29. The molecule has 0 aliphatic carbocycles. The molecule has 1 saturated heterocycles. The molecule has 3 rings (SSSR count). The molecule has 0 bridgehead atoms. The summed E-state index contributed by atoms with van der Waals surface area (Å²) in [6, 6.07) is 18.1. The summed E-state index contributed by atoms with van der Waals surface area (Å²) in [6.07, 6.45) is 1.43. The first-order valence-corrected chi connectivity index (χ1v) is 9.09. The molecular formula is C21H27NO4. The highest BCUT2D eigenvalue weighted by Gasteiger charge is 2.25. The molecule has 0 spiro atoms. The number of aliphatic hydroxyl groups excluding tert-OH is 1. The highest BCUT2D eigenvalue weighted by molar-refractivity contribution is 5.48. The zero-order chi connectivity index (χ0) is 18.2. The van der Waals surface area contributed by atoms with Gasteiger partial charge in [-0.25, -0.2) is 0 Å². The number of nitrogens with one attached hydrogen (secondary N) is 1. The third-order valence-corrected chi connectivity index (χ3v) is 4.74. The largest absolute Gasteiger partial charge is 0.497 e. The number of rotatable bonds is 9. The molecule has 0 radical (unpaired) electrons. The van der Waals surface area contributed by atoms with Crippen molar-refractivity contribution in [3.8, 4) is 5.75 Å². The van der Waals surface area contributed by atoms with E-state index in [1.165, 1.54) is 0 Å². The monoisotopic (exact) mass is 357 g/mol. The van der Waals surface area contributed by atoms with Gasteiger partial charge >= 0.3 is 0 Å².